The van der Waals surface area contributed by atoms with Crippen LogP contribution in [0.3, 0.4) is 0 Å². The summed E-state index contributed by atoms with van der Waals surface area (Å²) < 4.78 is 16.9. The molecule has 0 radical (unpaired) electrons. The molecule has 0 aromatic rings. The van der Waals surface area contributed by atoms with Crippen molar-refractivity contribution >= 4 is 17.9 Å². The molecule has 1 atom stereocenters. The highest BCUT2D eigenvalue weighted by molar-refractivity contribution is 5.71. The Morgan fingerprint density at radius 3 is 0.870 bits per heavy atom. The van der Waals surface area contributed by atoms with E-state index in [1.165, 1.54) is 109 Å². The Morgan fingerprint density at radius 2 is 0.532 bits per heavy atom. The first kappa shape index (κ1) is 72.8. The van der Waals surface area contributed by atoms with E-state index in [0.717, 1.165) is 141 Å². The summed E-state index contributed by atoms with van der Waals surface area (Å²) in [6.07, 6.45) is 89.2. The third kappa shape index (κ3) is 62.5. The molecule has 0 amide bonds. The summed E-state index contributed by atoms with van der Waals surface area (Å²) in [5, 5.41) is 0. The lowest BCUT2D eigenvalue weighted by Gasteiger charge is -2.18. The van der Waals surface area contributed by atoms with E-state index in [2.05, 4.69) is 142 Å². The van der Waals surface area contributed by atoms with Crippen LogP contribution in [-0.2, 0) is 28.6 Å². The summed E-state index contributed by atoms with van der Waals surface area (Å²) in [4.78, 5) is 38.3. The van der Waals surface area contributed by atoms with Gasteiger partial charge in [0.05, 0.1) is 0 Å². The Labute approximate surface area is 475 Å². The lowest BCUT2D eigenvalue weighted by molar-refractivity contribution is -0.167. The zero-order chi connectivity index (χ0) is 55.7. The molecule has 6 nitrogen and oxygen atoms in total. The van der Waals surface area contributed by atoms with Gasteiger partial charge >= 0.3 is 17.9 Å². The fourth-order valence-corrected chi connectivity index (χ4v) is 8.63. The van der Waals surface area contributed by atoms with E-state index in [0.29, 0.717) is 19.3 Å². The van der Waals surface area contributed by atoms with Crippen molar-refractivity contribution in [1.82, 2.24) is 0 Å². The molecule has 0 fully saturated rings. The molecule has 0 aromatic carbocycles. The maximum atomic E-state index is 12.9. The van der Waals surface area contributed by atoms with Gasteiger partial charge in [0.2, 0.25) is 0 Å². The summed E-state index contributed by atoms with van der Waals surface area (Å²) >= 11 is 0. The summed E-state index contributed by atoms with van der Waals surface area (Å²) in [7, 11) is 0. The number of esters is 3. The number of hydrogen-bond acceptors (Lipinski definition) is 6. The highest BCUT2D eigenvalue weighted by atomic mass is 16.6. The summed E-state index contributed by atoms with van der Waals surface area (Å²) in [5.41, 5.74) is 0. The van der Waals surface area contributed by atoms with Crippen molar-refractivity contribution in [3.8, 4) is 0 Å². The Hall–Kier alpha value is -4.19. The molecule has 0 saturated heterocycles. The number of hydrogen-bond donors (Lipinski definition) is 0. The van der Waals surface area contributed by atoms with Crippen LogP contribution in [0, 0.1) is 0 Å². The molecule has 0 bridgehead atoms. The number of carbonyl (C=O) groups excluding carboxylic acids is 3. The van der Waals surface area contributed by atoms with Crippen molar-refractivity contribution in [2.24, 2.45) is 0 Å². The van der Waals surface area contributed by atoms with Gasteiger partial charge in [-0.05, 0) is 128 Å². The molecular weight excluding hydrogens is 949 g/mol. The van der Waals surface area contributed by atoms with Gasteiger partial charge in [0, 0.05) is 19.3 Å². The molecule has 0 aliphatic rings. The summed E-state index contributed by atoms with van der Waals surface area (Å²) in [5.74, 6) is -0.944. The quantitative estimate of drug-likeness (QED) is 0.0261. The normalized spacial score (nSPS) is 12.9. The fraction of sp³-hybridized carbons (Fsp3) is 0.676. The van der Waals surface area contributed by atoms with Crippen LogP contribution in [0.4, 0.5) is 0 Å². The topological polar surface area (TPSA) is 78.9 Å². The van der Waals surface area contributed by atoms with Gasteiger partial charge < -0.3 is 14.2 Å². The Bertz CT molecular complexity index is 1600. The van der Waals surface area contributed by atoms with Gasteiger partial charge in [-0.1, -0.05) is 264 Å². The van der Waals surface area contributed by atoms with Crippen LogP contribution >= 0.6 is 0 Å². The first-order valence-corrected chi connectivity index (χ1v) is 32.0. The van der Waals surface area contributed by atoms with Crippen LogP contribution in [0.2, 0.25) is 0 Å². The monoisotopic (exact) mass is 1070 g/mol. The number of ether oxygens (including phenoxy) is 3. The largest absolute Gasteiger partial charge is 0.462 e. The summed E-state index contributed by atoms with van der Waals surface area (Å²) in [6.45, 7) is 6.43. The number of allylic oxidation sites excluding steroid dienone is 20. The minimum Gasteiger partial charge on any atom is -0.462 e. The third-order valence-corrected chi connectivity index (χ3v) is 13.4. The first-order chi connectivity index (χ1) is 38.0. The number of carbonyl (C=O) groups is 3. The molecule has 0 heterocycles. The van der Waals surface area contributed by atoms with Crippen molar-refractivity contribution in [3.05, 3.63) is 122 Å². The molecule has 0 rings (SSSR count). The molecule has 0 N–H and O–H groups in total. The van der Waals surface area contributed by atoms with Crippen LogP contribution < -0.4 is 0 Å². The minimum absolute atomic E-state index is 0.0989. The molecule has 0 aliphatic carbocycles. The lowest BCUT2D eigenvalue weighted by atomic mass is 10.1. The smallest absolute Gasteiger partial charge is 0.306 e. The second-order valence-electron chi connectivity index (χ2n) is 20.9. The summed E-state index contributed by atoms with van der Waals surface area (Å²) in [6, 6.07) is 0. The van der Waals surface area contributed by atoms with Gasteiger partial charge in [-0.25, -0.2) is 0 Å². The SMILES string of the molecule is CC/C=C\C/C=C\C/C=C\C/C=C\C/C=C\C/C=C\C/C=C\CCCCCC(=O)OCC(COC(=O)CCCCCCC/C=C\C/C=C\CCC)OC(=O)CCCCCCCCCCC/C=C\CCCCCCCCCC. The van der Waals surface area contributed by atoms with Crippen LogP contribution in [0.15, 0.2) is 122 Å². The average molecular weight is 1070 g/mol. The van der Waals surface area contributed by atoms with Crippen molar-refractivity contribution in [2.45, 2.75) is 297 Å². The predicted octanol–water partition coefficient (Wildman–Crippen LogP) is 22.0. The van der Waals surface area contributed by atoms with Crippen LogP contribution in [-0.4, -0.2) is 37.2 Å². The highest BCUT2D eigenvalue weighted by Gasteiger charge is 2.19. The van der Waals surface area contributed by atoms with Gasteiger partial charge in [-0.15, -0.1) is 0 Å². The van der Waals surface area contributed by atoms with Crippen molar-refractivity contribution in [1.29, 1.82) is 0 Å². The van der Waals surface area contributed by atoms with E-state index in [4.69, 9.17) is 14.2 Å². The molecule has 0 aliphatic heterocycles. The van der Waals surface area contributed by atoms with Gasteiger partial charge in [0.15, 0.2) is 6.10 Å². The number of unbranched alkanes of at least 4 members (excludes halogenated alkanes) is 26. The van der Waals surface area contributed by atoms with Crippen molar-refractivity contribution < 1.29 is 28.6 Å². The molecule has 6 heteroatoms. The van der Waals surface area contributed by atoms with E-state index < -0.39 is 6.10 Å². The van der Waals surface area contributed by atoms with Crippen molar-refractivity contribution in [3.63, 3.8) is 0 Å². The second kappa shape index (κ2) is 64.3. The van der Waals surface area contributed by atoms with E-state index in [-0.39, 0.29) is 31.1 Å². The Morgan fingerprint density at radius 1 is 0.273 bits per heavy atom. The zero-order valence-corrected chi connectivity index (χ0v) is 50.2. The molecule has 77 heavy (non-hydrogen) atoms. The van der Waals surface area contributed by atoms with Gasteiger partial charge in [-0.2, -0.15) is 0 Å². The molecular formula is C71H118O6. The average Bonchev–Trinajstić information content (AvgIpc) is 3.43. The maximum Gasteiger partial charge on any atom is 0.306 e. The fourth-order valence-electron chi connectivity index (χ4n) is 8.63. The predicted molar refractivity (Wildman–Crippen MR) is 334 cm³/mol. The Kier molecular flexibility index (Phi) is 60.8. The third-order valence-electron chi connectivity index (χ3n) is 13.4. The van der Waals surface area contributed by atoms with E-state index in [1.54, 1.807) is 0 Å². The van der Waals surface area contributed by atoms with Crippen molar-refractivity contribution in [2.75, 3.05) is 13.2 Å². The molecule has 438 valence electrons. The molecule has 0 aromatic heterocycles. The van der Waals surface area contributed by atoms with Gasteiger partial charge in [-0.3, -0.25) is 14.4 Å². The zero-order valence-electron chi connectivity index (χ0n) is 50.2. The first-order valence-electron chi connectivity index (χ1n) is 32.0. The van der Waals surface area contributed by atoms with Crippen LogP contribution in [0.1, 0.15) is 290 Å². The van der Waals surface area contributed by atoms with Gasteiger partial charge in [0.1, 0.15) is 13.2 Å². The van der Waals surface area contributed by atoms with Gasteiger partial charge in [0.25, 0.3) is 0 Å². The molecule has 1 unspecified atom stereocenters. The second-order valence-corrected chi connectivity index (χ2v) is 20.9. The van der Waals surface area contributed by atoms with Crippen LogP contribution in [0.5, 0.6) is 0 Å². The minimum atomic E-state index is -0.803. The maximum absolute atomic E-state index is 12.9. The standard InChI is InChI=1S/C71H118O6/c1-4-7-10-13-16-19-22-25-27-29-31-33-34-35-36-38-39-41-43-46-49-52-55-58-61-64-70(73)76-67-68(66-75-69(72)63-60-57-54-51-48-45-24-21-18-15-12-9-6-3)77-71(74)65-62-59-56-53-50-47-44-42-40-37-32-30-28-26-23-20-17-14-11-8-5-2/h7,10,12,15-16,19,21,24-25,27,30-33,35-36,39,41,46,49,68H,4-6,8-9,11,13-14,17-18,20,22-23,26,28-29,34,37-38,40,42-45,47-48,50-67H2,1-3H3/b10-7-,15-12-,19-16-,24-21-,27-25-,32-30-,33-31-,36-35-,41-39-,49-46-. The van der Waals surface area contributed by atoms with E-state index in [9.17, 15) is 14.4 Å². The van der Waals surface area contributed by atoms with E-state index >= 15 is 0 Å². The lowest BCUT2D eigenvalue weighted by Crippen LogP contribution is -2.30. The molecule has 0 spiro atoms. The Balaban J connectivity index is 4.42. The molecule has 0 saturated carbocycles. The van der Waals surface area contributed by atoms with Crippen LogP contribution in [0.25, 0.3) is 0 Å². The van der Waals surface area contributed by atoms with E-state index in [1.807, 2.05) is 0 Å². The number of rotatable bonds is 57. The highest BCUT2D eigenvalue weighted by Crippen LogP contribution is 2.15.